The van der Waals surface area contributed by atoms with Crippen molar-refractivity contribution < 1.29 is 14.3 Å². The summed E-state index contributed by atoms with van der Waals surface area (Å²) in [7, 11) is 1.28. The Kier molecular flexibility index (Phi) is 5.28. The average molecular weight is 216 g/mol. The van der Waals surface area contributed by atoms with Gasteiger partial charge in [-0.2, -0.15) is 0 Å². The van der Waals surface area contributed by atoms with Gasteiger partial charge in [-0.05, 0) is 20.3 Å². The molecule has 0 bridgehead atoms. The lowest BCUT2D eigenvalue weighted by atomic mass is 9.96. The van der Waals surface area contributed by atoms with Gasteiger partial charge in [-0.3, -0.25) is 4.79 Å². The van der Waals surface area contributed by atoms with Crippen molar-refractivity contribution in [2.45, 2.75) is 45.2 Å². The van der Waals surface area contributed by atoms with Crippen LogP contribution in [0.3, 0.4) is 0 Å². The first-order valence-electron chi connectivity index (χ1n) is 5.02. The van der Waals surface area contributed by atoms with Crippen LogP contribution in [-0.4, -0.2) is 30.6 Å². The summed E-state index contributed by atoms with van der Waals surface area (Å²) in [6, 6.07) is -0.665. The van der Waals surface area contributed by atoms with E-state index >= 15 is 0 Å². The molecule has 15 heavy (non-hydrogen) atoms. The van der Waals surface area contributed by atoms with Gasteiger partial charge in [0.1, 0.15) is 6.04 Å². The summed E-state index contributed by atoms with van der Waals surface area (Å²) in [4.78, 5) is 22.7. The van der Waals surface area contributed by atoms with Gasteiger partial charge in [0.2, 0.25) is 5.91 Å². The highest BCUT2D eigenvalue weighted by molar-refractivity contribution is 5.89. The number of nitrogens with two attached hydrogens (primary N) is 1. The predicted octanol–water partition coefficient (Wildman–Crippen LogP) is 0.182. The molecule has 0 heterocycles. The smallest absolute Gasteiger partial charge is 0.328 e. The van der Waals surface area contributed by atoms with Crippen LogP contribution in [0.25, 0.3) is 0 Å². The Balaban J connectivity index is 4.29. The van der Waals surface area contributed by atoms with Crippen molar-refractivity contribution in [1.29, 1.82) is 0 Å². The largest absolute Gasteiger partial charge is 0.467 e. The Morgan fingerprint density at radius 2 is 2.07 bits per heavy atom. The maximum Gasteiger partial charge on any atom is 0.328 e. The van der Waals surface area contributed by atoms with Gasteiger partial charge in [0.25, 0.3) is 0 Å². The molecule has 0 saturated heterocycles. The summed E-state index contributed by atoms with van der Waals surface area (Å²) in [6.45, 7) is 5.16. The van der Waals surface area contributed by atoms with Crippen LogP contribution < -0.4 is 11.1 Å². The van der Waals surface area contributed by atoms with E-state index in [1.807, 2.05) is 6.92 Å². The fourth-order valence-electron chi connectivity index (χ4n) is 1.23. The monoisotopic (exact) mass is 216 g/mol. The van der Waals surface area contributed by atoms with E-state index in [9.17, 15) is 9.59 Å². The van der Waals surface area contributed by atoms with E-state index in [0.717, 1.165) is 6.42 Å². The zero-order valence-electron chi connectivity index (χ0n) is 9.79. The van der Waals surface area contributed by atoms with E-state index in [1.165, 1.54) is 7.11 Å². The fourth-order valence-corrected chi connectivity index (χ4v) is 1.23. The lowest BCUT2D eigenvalue weighted by Gasteiger charge is -2.24. The molecule has 0 spiro atoms. The molecule has 0 aromatic rings. The van der Waals surface area contributed by atoms with Crippen LogP contribution in [0.5, 0.6) is 0 Å². The molecule has 0 aromatic heterocycles. The minimum absolute atomic E-state index is 0.331. The van der Waals surface area contributed by atoms with Gasteiger partial charge in [0.15, 0.2) is 0 Å². The molecule has 0 aliphatic heterocycles. The molecule has 0 aliphatic rings. The summed E-state index contributed by atoms with van der Waals surface area (Å²) in [5, 5.41) is 2.52. The minimum Gasteiger partial charge on any atom is -0.467 e. The summed E-state index contributed by atoms with van der Waals surface area (Å²) in [5.74, 6) is -0.808. The van der Waals surface area contributed by atoms with Gasteiger partial charge in [-0.25, -0.2) is 4.79 Å². The molecule has 2 atom stereocenters. The number of methoxy groups -OCH3 is 1. The van der Waals surface area contributed by atoms with E-state index in [-0.39, 0.29) is 5.91 Å². The van der Waals surface area contributed by atoms with Gasteiger partial charge in [-0.1, -0.05) is 13.3 Å². The number of carbonyl (C=O) groups is 2. The fraction of sp³-hybridized carbons (Fsp3) is 0.800. The molecule has 1 unspecified atom stereocenters. The van der Waals surface area contributed by atoms with Gasteiger partial charge >= 0.3 is 5.97 Å². The van der Waals surface area contributed by atoms with Gasteiger partial charge in [0, 0.05) is 0 Å². The Bertz CT molecular complexity index is 239. The first-order valence-corrected chi connectivity index (χ1v) is 5.02. The highest BCUT2D eigenvalue weighted by atomic mass is 16.5. The molecule has 0 radical (unpaired) electrons. The number of carbonyl (C=O) groups excluding carboxylic acids is 2. The second-order valence-electron chi connectivity index (χ2n) is 3.89. The predicted molar refractivity (Wildman–Crippen MR) is 57.1 cm³/mol. The number of nitrogens with one attached hydrogen (secondary N) is 1. The molecule has 0 saturated carbocycles. The summed E-state index contributed by atoms with van der Waals surface area (Å²) < 4.78 is 4.49. The lowest BCUT2D eigenvalue weighted by molar-refractivity contribution is -0.145. The number of amides is 1. The van der Waals surface area contributed by atoms with Crippen LogP contribution in [-0.2, 0) is 14.3 Å². The van der Waals surface area contributed by atoms with Gasteiger partial charge in [-0.15, -0.1) is 0 Å². The maximum atomic E-state index is 11.6. The molecule has 3 N–H and O–H groups in total. The van der Waals surface area contributed by atoms with Crippen LogP contribution in [0.4, 0.5) is 0 Å². The van der Waals surface area contributed by atoms with E-state index in [0.29, 0.717) is 6.42 Å². The lowest BCUT2D eigenvalue weighted by Crippen LogP contribution is -2.55. The third-order valence-corrected chi connectivity index (χ3v) is 2.19. The van der Waals surface area contributed by atoms with E-state index in [4.69, 9.17) is 5.73 Å². The van der Waals surface area contributed by atoms with Crippen molar-refractivity contribution in [2.75, 3.05) is 7.11 Å². The second kappa shape index (κ2) is 5.70. The number of ether oxygens (including phenoxy) is 1. The SMILES string of the molecule is CCCC(C)(N)C(=O)N[C@@H](C)C(=O)OC. The molecule has 0 aromatic carbocycles. The molecule has 88 valence electrons. The third-order valence-electron chi connectivity index (χ3n) is 2.19. The Morgan fingerprint density at radius 3 is 2.47 bits per heavy atom. The van der Waals surface area contributed by atoms with Gasteiger partial charge < -0.3 is 15.8 Å². The van der Waals surface area contributed by atoms with Crippen LogP contribution in [0.1, 0.15) is 33.6 Å². The highest BCUT2D eigenvalue weighted by Crippen LogP contribution is 2.08. The number of rotatable bonds is 5. The summed E-state index contributed by atoms with van der Waals surface area (Å²) in [5.41, 5.74) is 4.86. The van der Waals surface area contributed by atoms with Crippen molar-refractivity contribution in [2.24, 2.45) is 5.73 Å². The standard InChI is InChI=1S/C10H20N2O3/c1-5-6-10(3,11)9(14)12-7(2)8(13)15-4/h7H,5-6,11H2,1-4H3,(H,12,14)/t7-,10?/m0/s1. The number of esters is 1. The molecular formula is C10H20N2O3. The van der Waals surface area contributed by atoms with Crippen LogP contribution in [0.2, 0.25) is 0 Å². The maximum absolute atomic E-state index is 11.6. The normalized spacial score (nSPS) is 16.3. The first-order chi connectivity index (χ1) is 6.85. The third kappa shape index (κ3) is 4.29. The Morgan fingerprint density at radius 1 is 1.53 bits per heavy atom. The van der Waals surface area contributed by atoms with Crippen molar-refractivity contribution in [3.8, 4) is 0 Å². The molecule has 0 fully saturated rings. The molecule has 5 heteroatoms. The van der Waals surface area contributed by atoms with Gasteiger partial charge in [0.05, 0.1) is 12.6 Å². The molecule has 1 amide bonds. The van der Waals surface area contributed by atoms with E-state index < -0.39 is 17.6 Å². The van der Waals surface area contributed by atoms with Crippen LogP contribution in [0.15, 0.2) is 0 Å². The topological polar surface area (TPSA) is 81.4 Å². The van der Waals surface area contributed by atoms with Crippen molar-refractivity contribution in [3.63, 3.8) is 0 Å². The van der Waals surface area contributed by atoms with Crippen molar-refractivity contribution in [3.05, 3.63) is 0 Å². The number of hydrogen-bond donors (Lipinski definition) is 2. The average Bonchev–Trinajstić information content (AvgIpc) is 2.16. The van der Waals surface area contributed by atoms with Crippen molar-refractivity contribution >= 4 is 11.9 Å². The molecule has 0 rings (SSSR count). The number of hydrogen-bond acceptors (Lipinski definition) is 4. The highest BCUT2D eigenvalue weighted by Gasteiger charge is 2.29. The summed E-state index contributed by atoms with van der Waals surface area (Å²) in [6.07, 6.45) is 1.39. The Hall–Kier alpha value is -1.10. The molecular weight excluding hydrogens is 196 g/mol. The molecule has 5 nitrogen and oxygen atoms in total. The van der Waals surface area contributed by atoms with E-state index in [1.54, 1.807) is 13.8 Å². The zero-order valence-corrected chi connectivity index (χ0v) is 9.79. The van der Waals surface area contributed by atoms with E-state index in [2.05, 4.69) is 10.1 Å². The minimum atomic E-state index is -0.934. The second-order valence-corrected chi connectivity index (χ2v) is 3.89. The zero-order chi connectivity index (χ0) is 12.1. The molecule has 0 aliphatic carbocycles. The quantitative estimate of drug-likeness (QED) is 0.642. The van der Waals surface area contributed by atoms with Crippen LogP contribution in [0, 0.1) is 0 Å². The van der Waals surface area contributed by atoms with Crippen LogP contribution >= 0.6 is 0 Å². The Labute approximate surface area is 90.4 Å². The summed E-state index contributed by atoms with van der Waals surface area (Å²) >= 11 is 0. The van der Waals surface area contributed by atoms with Crippen molar-refractivity contribution in [1.82, 2.24) is 5.32 Å². The first kappa shape index (κ1) is 13.9.